The Labute approximate surface area is 122 Å². The van der Waals surface area contributed by atoms with Crippen LogP contribution < -0.4 is 10.5 Å². The van der Waals surface area contributed by atoms with Gasteiger partial charge >= 0.3 is 5.97 Å². The highest BCUT2D eigenvalue weighted by atomic mass is 16.6. The number of anilines is 1. The van der Waals surface area contributed by atoms with Crippen LogP contribution in [-0.4, -0.2) is 42.6 Å². The van der Waals surface area contributed by atoms with Gasteiger partial charge in [-0.05, 0) is 12.1 Å². The SMILES string of the molecule is Nc1cc(OC2CCOC3(CCOC3)C2)ccc1C(=O)O. The zero-order valence-corrected chi connectivity index (χ0v) is 11.7. The molecule has 0 saturated carbocycles. The Kier molecular flexibility index (Phi) is 3.73. The van der Waals surface area contributed by atoms with Gasteiger partial charge in [0, 0.05) is 37.6 Å². The summed E-state index contributed by atoms with van der Waals surface area (Å²) in [6.07, 6.45) is 2.53. The normalized spacial score (nSPS) is 28.7. The fraction of sp³-hybridized carbons (Fsp3) is 0.533. The second-order valence-electron chi connectivity index (χ2n) is 5.62. The first-order valence-corrected chi connectivity index (χ1v) is 7.09. The van der Waals surface area contributed by atoms with Crippen LogP contribution in [0.3, 0.4) is 0 Å². The van der Waals surface area contributed by atoms with Crippen LogP contribution in [0.25, 0.3) is 0 Å². The Morgan fingerprint density at radius 2 is 2.29 bits per heavy atom. The van der Waals surface area contributed by atoms with E-state index in [1.54, 1.807) is 12.1 Å². The first kappa shape index (κ1) is 14.2. The minimum atomic E-state index is -1.04. The third-order valence-electron chi connectivity index (χ3n) is 4.07. The van der Waals surface area contributed by atoms with E-state index < -0.39 is 5.97 Å². The van der Waals surface area contributed by atoms with Gasteiger partial charge < -0.3 is 25.1 Å². The monoisotopic (exact) mass is 293 g/mol. The van der Waals surface area contributed by atoms with Crippen LogP contribution in [0, 0.1) is 0 Å². The molecule has 1 spiro atoms. The zero-order chi connectivity index (χ0) is 14.9. The standard InChI is InChI=1S/C15H19NO5/c16-13-7-10(1-2-12(13)14(17)18)21-11-3-5-20-15(8-11)4-6-19-9-15/h1-2,7,11H,3-6,8-9,16H2,(H,17,18). The quantitative estimate of drug-likeness (QED) is 0.824. The molecule has 2 aliphatic rings. The molecule has 1 aromatic carbocycles. The lowest BCUT2D eigenvalue weighted by molar-refractivity contribution is -0.112. The number of hydrogen-bond donors (Lipinski definition) is 2. The van der Waals surface area contributed by atoms with Gasteiger partial charge in [-0.1, -0.05) is 0 Å². The third-order valence-corrected chi connectivity index (χ3v) is 4.07. The maximum absolute atomic E-state index is 10.9. The van der Waals surface area contributed by atoms with Crippen LogP contribution in [0.5, 0.6) is 5.75 Å². The number of hydrogen-bond acceptors (Lipinski definition) is 5. The van der Waals surface area contributed by atoms with Crippen LogP contribution in [-0.2, 0) is 9.47 Å². The van der Waals surface area contributed by atoms with E-state index in [0.29, 0.717) is 19.0 Å². The second kappa shape index (κ2) is 5.54. The molecule has 21 heavy (non-hydrogen) atoms. The number of carboxylic acid groups (broad SMARTS) is 1. The summed E-state index contributed by atoms with van der Waals surface area (Å²) in [5.74, 6) is -0.439. The molecule has 0 amide bonds. The van der Waals surface area contributed by atoms with Crippen molar-refractivity contribution in [3.05, 3.63) is 23.8 Å². The van der Waals surface area contributed by atoms with Gasteiger partial charge in [0.25, 0.3) is 0 Å². The molecule has 0 bridgehead atoms. The van der Waals surface area contributed by atoms with Gasteiger partial charge in [0.15, 0.2) is 0 Å². The fourth-order valence-electron chi connectivity index (χ4n) is 2.95. The molecule has 2 heterocycles. The minimum absolute atomic E-state index is 0.0375. The summed E-state index contributed by atoms with van der Waals surface area (Å²) in [4.78, 5) is 10.9. The molecule has 3 rings (SSSR count). The first-order valence-electron chi connectivity index (χ1n) is 7.09. The maximum atomic E-state index is 10.9. The first-order chi connectivity index (χ1) is 10.1. The molecule has 6 nitrogen and oxygen atoms in total. The molecule has 0 radical (unpaired) electrons. The van der Waals surface area contributed by atoms with Crippen molar-refractivity contribution in [1.29, 1.82) is 0 Å². The van der Waals surface area contributed by atoms with Crippen molar-refractivity contribution >= 4 is 11.7 Å². The van der Waals surface area contributed by atoms with E-state index in [4.69, 9.17) is 25.1 Å². The van der Waals surface area contributed by atoms with E-state index in [2.05, 4.69) is 0 Å². The van der Waals surface area contributed by atoms with Crippen molar-refractivity contribution in [2.75, 3.05) is 25.6 Å². The van der Waals surface area contributed by atoms with Crippen LogP contribution in [0.15, 0.2) is 18.2 Å². The lowest BCUT2D eigenvalue weighted by atomic mass is 9.91. The van der Waals surface area contributed by atoms with Gasteiger partial charge in [-0.15, -0.1) is 0 Å². The molecule has 0 aromatic heterocycles. The van der Waals surface area contributed by atoms with Crippen LogP contribution in [0.4, 0.5) is 5.69 Å². The van der Waals surface area contributed by atoms with Gasteiger partial charge in [0.1, 0.15) is 11.9 Å². The van der Waals surface area contributed by atoms with E-state index in [0.717, 1.165) is 25.9 Å². The van der Waals surface area contributed by atoms with Gasteiger partial charge in [-0.25, -0.2) is 4.79 Å². The number of carboxylic acids is 1. The van der Waals surface area contributed by atoms with Gasteiger partial charge in [0.05, 0.1) is 24.4 Å². The number of nitrogen functional groups attached to an aromatic ring is 1. The molecule has 6 heteroatoms. The number of ether oxygens (including phenoxy) is 3. The fourth-order valence-corrected chi connectivity index (χ4v) is 2.95. The lowest BCUT2D eigenvalue weighted by Crippen LogP contribution is -2.44. The molecular formula is C15H19NO5. The molecule has 2 atom stereocenters. The highest BCUT2D eigenvalue weighted by Gasteiger charge is 2.41. The average molecular weight is 293 g/mol. The van der Waals surface area contributed by atoms with Crippen molar-refractivity contribution in [3.8, 4) is 5.75 Å². The molecule has 3 N–H and O–H groups in total. The summed E-state index contributed by atoms with van der Waals surface area (Å²) >= 11 is 0. The van der Waals surface area contributed by atoms with E-state index in [1.807, 2.05) is 0 Å². The number of nitrogens with two attached hydrogens (primary N) is 1. The summed E-state index contributed by atoms with van der Waals surface area (Å²) in [7, 11) is 0. The predicted molar refractivity (Wildman–Crippen MR) is 75.6 cm³/mol. The van der Waals surface area contributed by atoms with Crippen LogP contribution in [0.2, 0.25) is 0 Å². The van der Waals surface area contributed by atoms with Crippen molar-refractivity contribution in [2.45, 2.75) is 31.0 Å². The molecular weight excluding hydrogens is 274 g/mol. The number of aromatic carboxylic acids is 1. The zero-order valence-electron chi connectivity index (χ0n) is 11.7. The molecule has 1 aromatic rings. The molecule has 114 valence electrons. The van der Waals surface area contributed by atoms with Crippen LogP contribution >= 0.6 is 0 Å². The Hall–Kier alpha value is -1.79. The summed E-state index contributed by atoms with van der Waals surface area (Å²) in [5, 5.41) is 8.97. The highest BCUT2D eigenvalue weighted by molar-refractivity contribution is 5.93. The largest absolute Gasteiger partial charge is 0.490 e. The molecule has 0 aliphatic carbocycles. The van der Waals surface area contributed by atoms with E-state index >= 15 is 0 Å². The second-order valence-corrected chi connectivity index (χ2v) is 5.62. The van der Waals surface area contributed by atoms with Gasteiger partial charge in [-0.2, -0.15) is 0 Å². The summed E-state index contributed by atoms with van der Waals surface area (Å²) in [6.45, 7) is 2.00. The van der Waals surface area contributed by atoms with Crippen molar-refractivity contribution < 1.29 is 24.1 Å². The Morgan fingerprint density at radius 1 is 1.43 bits per heavy atom. The summed E-state index contributed by atoms with van der Waals surface area (Å²) in [6, 6.07) is 4.69. The topological polar surface area (TPSA) is 91.0 Å². The molecule has 2 fully saturated rings. The van der Waals surface area contributed by atoms with Gasteiger partial charge in [0.2, 0.25) is 0 Å². The number of rotatable bonds is 3. The average Bonchev–Trinajstić information content (AvgIpc) is 2.86. The molecule has 2 saturated heterocycles. The Balaban J connectivity index is 1.68. The lowest BCUT2D eigenvalue weighted by Gasteiger charge is -2.37. The highest BCUT2D eigenvalue weighted by Crippen LogP contribution is 2.34. The number of carbonyl (C=O) groups is 1. The third kappa shape index (κ3) is 2.96. The maximum Gasteiger partial charge on any atom is 0.337 e. The smallest absolute Gasteiger partial charge is 0.337 e. The van der Waals surface area contributed by atoms with E-state index in [9.17, 15) is 4.79 Å². The predicted octanol–water partition coefficient (Wildman–Crippen LogP) is 1.68. The minimum Gasteiger partial charge on any atom is -0.490 e. The molecule has 2 aliphatic heterocycles. The van der Waals surface area contributed by atoms with E-state index in [1.165, 1.54) is 6.07 Å². The van der Waals surface area contributed by atoms with Crippen LogP contribution in [0.1, 0.15) is 29.6 Å². The summed E-state index contributed by atoms with van der Waals surface area (Å²) < 4.78 is 17.2. The Bertz CT molecular complexity index is 539. The van der Waals surface area contributed by atoms with Crippen molar-refractivity contribution in [2.24, 2.45) is 0 Å². The Morgan fingerprint density at radius 3 is 2.95 bits per heavy atom. The van der Waals surface area contributed by atoms with Crippen molar-refractivity contribution in [1.82, 2.24) is 0 Å². The van der Waals surface area contributed by atoms with E-state index in [-0.39, 0.29) is 23.0 Å². The number of benzene rings is 1. The van der Waals surface area contributed by atoms with Gasteiger partial charge in [-0.3, -0.25) is 0 Å². The van der Waals surface area contributed by atoms with Crippen molar-refractivity contribution in [3.63, 3.8) is 0 Å². The summed E-state index contributed by atoms with van der Waals surface area (Å²) in [5.41, 5.74) is 5.83. The molecule has 2 unspecified atom stereocenters.